The van der Waals surface area contributed by atoms with Crippen LogP contribution in [0.25, 0.3) is 39.3 Å². The van der Waals surface area contributed by atoms with E-state index >= 15 is 0 Å². The molecular formula is C25H20N4O3. The van der Waals surface area contributed by atoms with Crippen LogP contribution >= 0.6 is 0 Å². The van der Waals surface area contributed by atoms with E-state index in [0.29, 0.717) is 31.9 Å². The molecule has 0 radical (unpaired) electrons. The van der Waals surface area contributed by atoms with E-state index in [9.17, 15) is 4.79 Å². The van der Waals surface area contributed by atoms with E-state index in [1.165, 1.54) is 0 Å². The highest BCUT2D eigenvalue weighted by Crippen LogP contribution is 2.28. The third-order valence-electron chi connectivity index (χ3n) is 5.77. The Morgan fingerprint density at radius 1 is 0.938 bits per heavy atom. The Bertz CT molecular complexity index is 1400. The minimum absolute atomic E-state index is 0.0324. The van der Waals surface area contributed by atoms with Gasteiger partial charge in [0.05, 0.1) is 25.1 Å². The van der Waals surface area contributed by atoms with Gasteiger partial charge in [-0.3, -0.25) is 4.79 Å². The highest BCUT2D eigenvalue weighted by Gasteiger charge is 2.19. The minimum atomic E-state index is 0.0324. The van der Waals surface area contributed by atoms with Gasteiger partial charge in [-0.1, -0.05) is 30.3 Å². The molecule has 5 aromatic rings. The molecule has 1 saturated heterocycles. The third kappa shape index (κ3) is 3.23. The first kappa shape index (κ1) is 18.8. The molecule has 2 aromatic carbocycles. The Morgan fingerprint density at radius 3 is 2.56 bits per heavy atom. The largest absolute Gasteiger partial charge is 0.454 e. The Kier molecular flexibility index (Phi) is 4.47. The molecular weight excluding hydrogens is 404 g/mol. The van der Waals surface area contributed by atoms with Gasteiger partial charge >= 0.3 is 0 Å². The van der Waals surface area contributed by atoms with Gasteiger partial charge in [-0.25, -0.2) is 9.50 Å². The number of carbonyl (C=O) groups excluding carboxylic acids is 1. The van der Waals surface area contributed by atoms with Gasteiger partial charge in [0, 0.05) is 29.6 Å². The van der Waals surface area contributed by atoms with Gasteiger partial charge in [0.25, 0.3) is 5.91 Å². The highest BCUT2D eigenvalue weighted by molar-refractivity contribution is 5.94. The fourth-order valence-electron chi connectivity index (χ4n) is 4.04. The van der Waals surface area contributed by atoms with Gasteiger partial charge in [-0.05, 0) is 36.4 Å². The van der Waals surface area contributed by atoms with Crippen molar-refractivity contribution in [2.24, 2.45) is 0 Å². The zero-order chi connectivity index (χ0) is 21.5. The van der Waals surface area contributed by atoms with Gasteiger partial charge in [0.1, 0.15) is 11.3 Å². The molecule has 0 aliphatic carbocycles. The number of nitrogens with zero attached hydrogens (tertiary/aromatic N) is 4. The van der Waals surface area contributed by atoms with Crippen molar-refractivity contribution in [2.75, 3.05) is 26.3 Å². The maximum absolute atomic E-state index is 12.7. The normalized spacial score (nSPS) is 14.3. The van der Waals surface area contributed by atoms with Gasteiger partial charge in [0.2, 0.25) is 0 Å². The van der Waals surface area contributed by atoms with E-state index < -0.39 is 0 Å². The molecule has 0 saturated carbocycles. The van der Waals surface area contributed by atoms with Crippen LogP contribution in [0.4, 0.5) is 0 Å². The molecule has 1 fully saturated rings. The quantitative estimate of drug-likeness (QED) is 0.432. The summed E-state index contributed by atoms with van der Waals surface area (Å²) in [4.78, 5) is 19.0. The number of hydrogen-bond acceptors (Lipinski definition) is 5. The fourth-order valence-corrected chi connectivity index (χ4v) is 4.04. The van der Waals surface area contributed by atoms with Crippen molar-refractivity contribution in [1.29, 1.82) is 0 Å². The maximum atomic E-state index is 12.7. The van der Waals surface area contributed by atoms with Crippen LogP contribution in [0.1, 0.15) is 10.4 Å². The minimum Gasteiger partial charge on any atom is -0.454 e. The highest BCUT2D eigenvalue weighted by atomic mass is 16.5. The smallest absolute Gasteiger partial charge is 0.254 e. The summed E-state index contributed by atoms with van der Waals surface area (Å²) >= 11 is 0. The molecule has 32 heavy (non-hydrogen) atoms. The first-order valence-electron chi connectivity index (χ1n) is 10.6. The first-order valence-corrected chi connectivity index (χ1v) is 10.6. The van der Waals surface area contributed by atoms with Crippen molar-refractivity contribution in [1.82, 2.24) is 19.5 Å². The Labute approximate surface area is 183 Å². The average molecular weight is 424 g/mol. The second-order valence-corrected chi connectivity index (χ2v) is 7.76. The van der Waals surface area contributed by atoms with Gasteiger partial charge < -0.3 is 14.1 Å². The summed E-state index contributed by atoms with van der Waals surface area (Å²) in [6, 6.07) is 21.3. The van der Waals surface area contributed by atoms with Crippen LogP contribution in [-0.2, 0) is 4.74 Å². The number of fused-ring (bicyclic) bond motifs is 2. The molecule has 7 nitrogen and oxygen atoms in total. The molecule has 4 heterocycles. The standard InChI is InChI=1S/C25H20N4O3/c30-25(28-11-13-31-14-12-28)18-7-5-17(6-8-18)20-9-10-24-26-16-21(29(24)27-20)23-15-19-3-1-2-4-22(19)32-23/h1-10,15-16H,11-14H2. The van der Waals surface area contributed by atoms with Crippen LogP contribution in [0.15, 0.2) is 77.3 Å². The molecule has 158 valence electrons. The monoisotopic (exact) mass is 424 g/mol. The number of hydrogen-bond donors (Lipinski definition) is 0. The van der Waals surface area contributed by atoms with Crippen molar-refractivity contribution in [3.05, 3.63) is 78.5 Å². The molecule has 0 spiro atoms. The zero-order valence-corrected chi connectivity index (χ0v) is 17.3. The predicted molar refractivity (Wildman–Crippen MR) is 120 cm³/mol. The maximum Gasteiger partial charge on any atom is 0.254 e. The van der Waals surface area contributed by atoms with E-state index in [-0.39, 0.29) is 5.91 Å². The molecule has 7 heteroatoms. The lowest BCUT2D eigenvalue weighted by Gasteiger charge is -2.26. The topological polar surface area (TPSA) is 72.9 Å². The number of ether oxygens (including phenoxy) is 1. The molecule has 0 atom stereocenters. The van der Waals surface area contributed by atoms with Gasteiger partial charge in [0.15, 0.2) is 11.4 Å². The summed E-state index contributed by atoms with van der Waals surface area (Å²) in [6.07, 6.45) is 1.77. The lowest BCUT2D eigenvalue weighted by molar-refractivity contribution is 0.0303. The Hall–Kier alpha value is -3.97. The number of rotatable bonds is 3. The molecule has 3 aromatic heterocycles. The number of para-hydroxylation sites is 1. The molecule has 1 aliphatic rings. The van der Waals surface area contributed by atoms with Gasteiger partial charge in [-0.2, -0.15) is 5.10 Å². The van der Waals surface area contributed by atoms with Crippen LogP contribution in [0.5, 0.6) is 0 Å². The number of imidazole rings is 1. The van der Waals surface area contributed by atoms with Crippen molar-refractivity contribution in [3.8, 4) is 22.7 Å². The SMILES string of the molecule is O=C(c1ccc(-c2ccc3ncc(-c4cc5ccccc5o4)n3n2)cc1)N1CCOCC1. The van der Waals surface area contributed by atoms with Crippen molar-refractivity contribution < 1.29 is 13.9 Å². The van der Waals surface area contributed by atoms with Crippen molar-refractivity contribution in [3.63, 3.8) is 0 Å². The second-order valence-electron chi connectivity index (χ2n) is 7.76. The molecule has 6 rings (SSSR count). The molecule has 0 N–H and O–H groups in total. The van der Waals surface area contributed by atoms with Gasteiger partial charge in [-0.15, -0.1) is 0 Å². The first-order chi connectivity index (χ1) is 15.8. The van der Waals surface area contributed by atoms with Crippen LogP contribution in [0.3, 0.4) is 0 Å². The Balaban J connectivity index is 1.33. The van der Waals surface area contributed by atoms with E-state index in [0.717, 1.165) is 39.3 Å². The zero-order valence-electron chi connectivity index (χ0n) is 17.3. The van der Waals surface area contributed by atoms with Crippen LogP contribution in [0.2, 0.25) is 0 Å². The number of furan rings is 1. The van der Waals surface area contributed by atoms with Crippen LogP contribution in [-0.4, -0.2) is 51.7 Å². The predicted octanol–water partition coefficient (Wildman–Crippen LogP) is 4.28. The number of benzene rings is 2. The van der Waals surface area contributed by atoms with E-state index in [1.807, 2.05) is 71.6 Å². The van der Waals surface area contributed by atoms with Crippen LogP contribution < -0.4 is 0 Å². The second kappa shape index (κ2) is 7.62. The summed E-state index contributed by atoms with van der Waals surface area (Å²) in [5.41, 5.74) is 4.74. The van der Waals surface area contributed by atoms with Crippen molar-refractivity contribution in [2.45, 2.75) is 0 Å². The number of carbonyl (C=O) groups is 1. The Morgan fingerprint density at radius 2 is 1.75 bits per heavy atom. The van der Waals surface area contributed by atoms with E-state index in [1.54, 1.807) is 10.7 Å². The lowest BCUT2D eigenvalue weighted by Crippen LogP contribution is -2.40. The number of amides is 1. The third-order valence-corrected chi connectivity index (χ3v) is 5.77. The van der Waals surface area contributed by atoms with E-state index in [2.05, 4.69) is 4.98 Å². The van der Waals surface area contributed by atoms with E-state index in [4.69, 9.17) is 14.3 Å². The number of morpholine rings is 1. The van der Waals surface area contributed by atoms with Crippen molar-refractivity contribution >= 4 is 22.5 Å². The summed E-state index contributed by atoms with van der Waals surface area (Å²) in [5.74, 6) is 0.750. The number of aromatic nitrogens is 3. The fraction of sp³-hybridized carbons (Fsp3) is 0.160. The van der Waals surface area contributed by atoms with Crippen LogP contribution in [0, 0.1) is 0 Å². The summed E-state index contributed by atoms with van der Waals surface area (Å²) in [7, 11) is 0. The average Bonchev–Trinajstić information content (AvgIpc) is 3.47. The molecule has 0 unspecified atom stereocenters. The summed E-state index contributed by atoms with van der Waals surface area (Å²) in [6.45, 7) is 2.44. The lowest BCUT2D eigenvalue weighted by atomic mass is 10.1. The molecule has 1 amide bonds. The summed E-state index contributed by atoms with van der Waals surface area (Å²) in [5, 5.41) is 5.83. The summed E-state index contributed by atoms with van der Waals surface area (Å²) < 4.78 is 13.1. The molecule has 0 bridgehead atoms. The molecule has 1 aliphatic heterocycles.